The first-order valence-corrected chi connectivity index (χ1v) is 9.05. The summed E-state index contributed by atoms with van der Waals surface area (Å²) in [6.07, 6.45) is 2.99. The molecule has 1 fully saturated rings. The first-order valence-electron chi connectivity index (χ1n) is 9.05. The van der Waals surface area contributed by atoms with Gasteiger partial charge in [0.05, 0.1) is 29.8 Å². The van der Waals surface area contributed by atoms with Gasteiger partial charge in [-0.05, 0) is 32.1 Å². The molecule has 2 rings (SSSR count). The number of amides is 2. The van der Waals surface area contributed by atoms with Crippen molar-refractivity contribution in [2.45, 2.75) is 72.6 Å². The summed E-state index contributed by atoms with van der Waals surface area (Å²) in [6, 6.07) is -0.0673. The molecular weight excluding hydrogens is 304 g/mol. The van der Waals surface area contributed by atoms with Crippen LogP contribution in [0.15, 0.2) is 6.20 Å². The summed E-state index contributed by atoms with van der Waals surface area (Å²) in [6.45, 7) is 14.8. The second-order valence-corrected chi connectivity index (χ2v) is 7.60. The predicted octanol–water partition coefficient (Wildman–Crippen LogP) is 3.69. The molecule has 6 nitrogen and oxygen atoms in total. The van der Waals surface area contributed by atoms with Gasteiger partial charge in [0.25, 0.3) is 0 Å². The molecular formula is C18H32N4O2. The minimum Gasteiger partial charge on any atom is -0.372 e. The Bertz CT molecular complexity index is 543. The van der Waals surface area contributed by atoms with Crippen LogP contribution in [0.4, 0.5) is 10.5 Å². The number of anilines is 1. The van der Waals surface area contributed by atoms with Crippen LogP contribution in [-0.4, -0.2) is 46.0 Å². The molecule has 24 heavy (non-hydrogen) atoms. The number of hydrogen-bond acceptors (Lipinski definition) is 3. The van der Waals surface area contributed by atoms with Crippen LogP contribution in [0.3, 0.4) is 0 Å². The van der Waals surface area contributed by atoms with E-state index in [1.807, 2.05) is 23.4 Å². The molecule has 1 saturated heterocycles. The van der Waals surface area contributed by atoms with Crippen molar-refractivity contribution in [3.05, 3.63) is 11.9 Å². The van der Waals surface area contributed by atoms with Gasteiger partial charge in [0.1, 0.15) is 0 Å². The lowest BCUT2D eigenvalue weighted by molar-refractivity contribution is -0.0530. The van der Waals surface area contributed by atoms with E-state index in [9.17, 15) is 4.79 Å². The highest BCUT2D eigenvalue weighted by Crippen LogP contribution is 2.25. The lowest BCUT2D eigenvalue weighted by Crippen LogP contribution is -2.49. The number of aryl methyl sites for hydroxylation is 1. The largest absolute Gasteiger partial charge is 0.372 e. The van der Waals surface area contributed by atoms with Crippen molar-refractivity contribution in [2.75, 3.05) is 18.4 Å². The summed E-state index contributed by atoms with van der Waals surface area (Å²) in [5.74, 6) is 0.932. The molecule has 0 aromatic carbocycles. The lowest BCUT2D eigenvalue weighted by atomic mass is 10.1. The highest BCUT2D eigenvalue weighted by atomic mass is 16.5. The van der Waals surface area contributed by atoms with E-state index in [0.717, 1.165) is 24.3 Å². The van der Waals surface area contributed by atoms with Crippen LogP contribution in [0, 0.1) is 5.92 Å². The standard InChI is InChI=1S/C18H32N4O2/c1-12(2)7-8-22-17(13(3)4)16(9-19-22)20-18(23)21-10-14(5)24-15(6)11-21/h9,12-15H,7-8,10-11H2,1-6H3,(H,20,23)/t14-,15-/m1/s1. The molecule has 1 aromatic heterocycles. The maximum absolute atomic E-state index is 12.6. The number of morpholine rings is 1. The normalized spacial score (nSPS) is 21.6. The van der Waals surface area contributed by atoms with Gasteiger partial charge in [-0.3, -0.25) is 4.68 Å². The molecule has 2 amide bonds. The van der Waals surface area contributed by atoms with Crippen LogP contribution in [0.5, 0.6) is 0 Å². The molecule has 0 bridgehead atoms. The fourth-order valence-corrected chi connectivity index (χ4v) is 3.20. The van der Waals surface area contributed by atoms with Gasteiger partial charge in [0, 0.05) is 19.6 Å². The molecule has 0 aliphatic carbocycles. The van der Waals surface area contributed by atoms with Crippen molar-refractivity contribution in [2.24, 2.45) is 5.92 Å². The third kappa shape index (κ3) is 4.72. The maximum atomic E-state index is 12.6. The zero-order chi connectivity index (χ0) is 17.9. The van der Waals surface area contributed by atoms with E-state index in [4.69, 9.17) is 4.74 Å². The summed E-state index contributed by atoms with van der Waals surface area (Å²) in [7, 11) is 0. The van der Waals surface area contributed by atoms with Crippen LogP contribution in [0.1, 0.15) is 59.6 Å². The Morgan fingerprint density at radius 3 is 2.46 bits per heavy atom. The Balaban J connectivity index is 2.09. The molecule has 6 heteroatoms. The predicted molar refractivity (Wildman–Crippen MR) is 96.4 cm³/mol. The molecule has 0 saturated carbocycles. The molecule has 136 valence electrons. The summed E-state index contributed by atoms with van der Waals surface area (Å²) < 4.78 is 7.73. The maximum Gasteiger partial charge on any atom is 0.322 e. The average Bonchev–Trinajstić information content (AvgIpc) is 2.86. The molecule has 1 aromatic rings. The van der Waals surface area contributed by atoms with Crippen LogP contribution in [0.25, 0.3) is 0 Å². The molecule has 2 atom stereocenters. The monoisotopic (exact) mass is 336 g/mol. The van der Waals surface area contributed by atoms with E-state index in [1.165, 1.54) is 0 Å². The Hall–Kier alpha value is -1.56. The van der Waals surface area contributed by atoms with Crippen molar-refractivity contribution in [3.63, 3.8) is 0 Å². The van der Waals surface area contributed by atoms with E-state index in [-0.39, 0.29) is 18.2 Å². The second kappa shape index (κ2) is 8.01. The topological polar surface area (TPSA) is 59.4 Å². The van der Waals surface area contributed by atoms with Crippen molar-refractivity contribution >= 4 is 11.7 Å². The van der Waals surface area contributed by atoms with Crippen molar-refractivity contribution < 1.29 is 9.53 Å². The average molecular weight is 336 g/mol. The minimum absolute atomic E-state index is 0.0673. The number of nitrogens with zero attached hydrogens (tertiary/aromatic N) is 3. The van der Waals surface area contributed by atoms with Crippen LogP contribution in [0.2, 0.25) is 0 Å². The van der Waals surface area contributed by atoms with Gasteiger partial charge in [-0.2, -0.15) is 5.10 Å². The molecule has 1 N–H and O–H groups in total. The first-order chi connectivity index (χ1) is 11.3. The molecule has 0 spiro atoms. The number of urea groups is 1. The molecule has 2 heterocycles. The third-order valence-electron chi connectivity index (χ3n) is 4.29. The SMILES string of the molecule is CC(C)CCn1ncc(NC(=O)N2C[C@@H](C)O[C@H](C)C2)c1C(C)C. The molecule has 1 aliphatic rings. The Morgan fingerprint density at radius 1 is 1.29 bits per heavy atom. The van der Waals surface area contributed by atoms with Gasteiger partial charge in [-0.15, -0.1) is 0 Å². The summed E-state index contributed by atoms with van der Waals surface area (Å²) in [5, 5.41) is 7.56. The number of carbonyl (C=O) groups is 1. The number of rotatable bonds is 5. The van der Waals surface area contributed by atoms with E-state index >= 15 is 0 Å². The molecule has 0 radical (unpaired) electrons. The van der Waals surface area contributed by atoms with E-state index < -0.39 is 0 Å². The zero-order valence-electron chi connectivity index (χ0n) is 15.9. The Morgan fingerprint density at radius 2 is 1.92 bits per heavy atom. The quantitative estimate of drug-likeness (QED) is 0.892. The van der Waals surface area contributed by atoms with Crippen molar-refractivity contribution in [1.82, 2.24) is 14.7 Å². The smallest absolute Gasteiger partial charge is 0.322 e. The van der Waals surface area contributed by atoms with E-state index in [2.05, 4.69) is 38.1 Å². The number of carbonyl (C=O) groups excluding carboxylic acids is 1. The second-order valence-electron chi connectivity index (χ2n) is 7.60. The van der Waals surface area contributed by atoms with Crippen LogP contribution >= 0.6 is 0 Å². The zero-order valence-corrected chi connectivity index (χ0v) is 15.9. The summed E-state index contributed by atoms with van der Waals surface area (Å²) in [5.41, 5.74) is 1.92. The number of nitrogens with one attached hydrogen (secondary N) is 1. The highest BCUT2D eigenvalue weighted by Gasteiger charge is 2.27. The van der Waals surface area contributed by atoms with Gasteiger partial charge in [0.15, 0.2) is 0 Å². The lowest BCUT2D eigenvalue weighted by Gasteiger charge is -2.35. The highest BCUT2D eigenvalue weighted by molar-refractivity contribution is 5.90. The van der Waals surface area contributed by atoms with Gasteiger partial charge < -0.3 is 15.0 Å². The van der Waals surface area contributed by atoms with Gasteiger partial charge in [-0.25, -0.2) is 4.79 Å². The molecule has 1 aliphatic heterocycles. The third-order valence-corrected chi connectivity index (χ3v) is 4.29. The van der Waals surface area contributed by atoms with Gasteiger partial charge in [-0.1, -0.05) is 27.7 Å². The number of ether oxygens (including phenoxy) is 1. The van der Waals surface area contributed by atoms with Crippen molar-refractivity contribution in [1.29, 1.82) is 0 Å². The van der Waals surface area contributed by atoms with Gasteiger partial charge in [0.2, 0.25) is 0 Å². The fraction of sp³-hybridized carbons (Fsp3) is 0.778. The fourth-order valence-electron chi connectivity index (χ4n) is 3.20. The van der Waals surface area contributed by atoms with Crippen LogP contribution in [-0.2, 0) is 11.3 Å². The first kappa shape index (κ1) is 18.8. The Kier molecular flexibility index (Phi) is 6.27. The Labute approximate surface area is 145 Å². The van der Waals surface area contributed by atoms with Gasteiger partial charge >= 0.3 is 6.03 Å². The minimum atomic E-state index is -0.0673. The van der Waals surface area contributed by atoms with E-state index in [1.54, 1.807) is 6.20 Å². The molecule has 0 unspecified atom stereocenters. The summed E-state index contributed by atoms with van der Waals surface area (Å²) >= 11 is 0. The summed E-state index contributed by atoms with van der Waals surface area (Å²) in [4.78, 5) is 14.5. The van der Waals surface area contributed by atoms with E-state index in [0.29, 0.717) is 24.9 Å². The van der Waals surface area contributed by atoms with Crippen molar-refractivity contribution in [3.8, 4) is 0 Å². The number of hydrogen-bond donors (Lipinski definition) is 1. The van der Waals surface area contributed by atoms with Crippen LogP contribution < -0.4 is 5.32 Å². The number of aromatic nitrogens is 2.